The standard InChI is InChI=1S/C34H38N6O5/c1-3-8-28-27(18-22-11-12-25(23-9-6-5-7-10-23)26(17-22)29-37-32(42)45-38-29)30(41)39(31-35-21-36-40(28)31)24-13-15-34(16-14-24)19-33(43,4-2)20-44-34/h5-7,9-12,17,21,24,43H,3-4,8,13-16,18-20H2,1-2H3,(H,37,38,42). The number of nitrogens with zero attached hydrogens (tertiary/aromatic N) is 5. The van der Waals surface area contributed by atoms with Gasteiger partial charge in [0.05, 0.1) is 23.5 Å². The molecule has 0 bridgehead atoms. The molecule has 5 aromatic rings. The van der Waals surface area contributed by atoms with Crippen molar-refractivity contribution >= 4 is 5.78 Å². The summed E-state index contributed by atoms with van der Waals surface area (Å²) >= 11 is 0. The molecule has 1 spiro atoms. The van der Waals surface area contributed by atoms with E-state index in [-0.39, 0.29) is 17.2 Å². The van der Waals surface area contributed by atoms with Gasteiger partial charge in [0, 0.05) is 30.0 Å². The molecule has 2 aromatic carbocycles. The zero-order chi connectivity index (χ0) is 31.2. The Hall–Kier alpha value is -4.35. The Morgan fingerprint density at radius 1 is 1.07 bits per heavy atom. The Morgan fingerprint density at radius 3 is 2.56 bits per heavy atom. The number of nitrogens with one attached hydrogen (secondary N) is 1. The second kappa shape index (κ2) is 11.5. The number of ether oxygens (including phenoxy) is 1. The van der Waals surface area contributed by atoms with E-state index in [9.17, 15) is 14.7 Å². The number of aryl methyl sites for hydroxylation is 1. The maximum absolute atomic E-state index is 14.5. The lowest BCUT2D eigenvalue weighted by Gasteiger charge is -2.37. The lowest BCUT2D eigenvalue weighted by molar-refractivity contribution is -0.0384. The molecule has 1 saturated carbocycles. The van der Waals surface area contributed by atoms with Crippen LogP contribution in [-0.2, 0) is 17.6 Å². The first-order valence-electron chi connectivity index (χ1n) is 15.9. The number of benzene rings is 2. The second-order valence-corrected chi connectivity index (χ2v) is 12.6. The maximum Gasteiger partial charge on any atom is 0.439 e. The molecular formula is C34H38N6O5. The highest BCUT2D eigenvalue weighted by molar-refractivity contribution is 5.81. The van der Waals surface area contributed by atoms with Crippen molar-refractivity contribution in [3.05, 3.63) is 92.6 Å². The first kappa shape index (κ1) is 29.4. The number of aliphatic hydroxyl groups is 1. The number of hydrogen-bond acceptors (Lipinski definition) is 8. The fraction of sp³-hybridized carbons (Fsp3) is 0.441. The summed E-state index contributed by atoms with van der Waals surface area (Å²) in [6, 6.07) is 15.8. The van der Waals surface area contributed by atoms with E-state index in [1.54, 1.807) is 0 Å². The minimum atomic E-state index is -0.771. The topological polar surface area (TPSA) is 141 Å². The Kier molecular flexibility index (Phi) is 7.53. The van der Waals surface area contributed by atoms with Crippen molar-refractivity contribution in [2.24, 2.45) is 0 Å². The van der Waals surface area contributed by atoms with Crippen LogP contribution in [0.15, 0.2) is 69.0 Å². The zero-order valence-electron chi connectivity index (χ0n) is 25.7. The molecule has 4 heterocycles. The summed E-state index contributed by atoms with van der Waals surface area (Å²) < 4.78 is 14.7. The van der Waals surface area contributed by atoms with Gasteiger partial charge in [-0.1, -0.05) is 67.9 Å². The average molecular weight is 611 g/mol. The van der Waals surface area contributed by atoms with Gasteiger partial charge in [0.2, 0.25) is 5.78 Å². The number of fused-ring (bicyclic) bond motifs is 1. The van der Waals surface area contributed by atoms with Crippen molar-refractivity contribution < 1.29 is 14.4 Å². The summed E-state index contributed by atoms with van der Waals surface area (Å²) in [6.45, 7) is 4.45. The molecule has 45 heavy (non-hydrogen) atoms. The van der Waals surface area contributed by atoms with E-state index in [4.69, 9.17) is 9.26 Å². The number of rotatable bonds is 8. The van der Waals surface area contributed by atoms with Gasteiger partial charge in [-0.15, -0.1) is 0 Å². The Labute approximate surface area is 259 Å². The number of hydrogen-bond donors (Lipinski definition) is 2. The van der Waals surface area contributed by atoms with Crippen LogP contribution < -0.4 is 11.3 Å². The third-order valence-corrected chi connectivity index (χ3v) is 9.75. The molecule has 1 aliphatic heterocycles. The van der Waals surface area contributed by atoms with Crippen LogP contribution in [0.5, 0.6) is 0 Å². The fourth-order valence-corrected chi connectivity index (χ4v) is 7.32. The van der Waals surface area contributed by atoms with Crippen molar-refractivity contribution in [3.8, 4) is 22.5 Å². The van der Waals surface area contributed by atoms with Crippen LogP contribution in [0.25, 0.3) is 28.3 Å². The van der Waals surface area contributed by atoms with Gasteiger partial charge in [0.1, 0.15) is 6.33 Å². The summed E-state index contributed by atoms with van der Waals surface area (Å²) in [7, 11) is 0. The molecule has 234 valence electrons. The van der Waals surface area contributed by atoms with Crippen molar-refractivity contribution in [1.82, 2.24) is 29.3 Å². The van der Waals surface area contributed by atoms with Crippen molar-refractivity contribution in [1.29, 1.82) is 0 Å². The molecule has 2 aliphatic rings. The van der Waals surface area contributed by atoms with E-state index in [2.05, 4.69) is 27.1 Å². The van der Waals surface area contributed by atoms with Gasteiger partial charge in [0.15, 0.2) is 5.82 Å². The van der Waals surface area contributed by atoms with Crippen molar-refractivity contribution in [2.75, 3.05) is 6.61 Å². The summed E-state index contributed by atoms with van der Waals surface area (Å²) in [6.07, 6.45) is 7.78. The molecule has 11 heteroatoms. The van der Waals surface area contributed by atoms with Crippen molar-refractivity contribution in [2.45, 2.75) is 88.9 Å². The first-order chi connectivity index (χ1) is 21.8. The highest BCUT2D eigenvalue weighted by atomic mass is 16.5. The van der Waals surface area contributed by atoms with Crippen LogP contribution in [0.4, 0.5) is 0 Å². The average Bonchev–Trinajstić information content (AvgIpc) is 3.80. The normalized spacial score (nSPS) is 23.3. The Morgan fingerprint density at radius 2 is 1.87 bits per heavy atom. The summed E-state index contributed by atoms with van der Waals surface area (Å²) in [5.41, 5.74) is 3.85. The van der Waals surface area contributed by atoms with E-state index in [0.717, 1.165) is 54.5 Å². The molecule has 1 aliphatic carbocycles. The molecule has 1 atom stereocenters. The van der Waals surface area contributed by atoms with Crippen LogP contribution in [0.3, 0.4) is 0 Å². The summed E-state index contributed by atoms with van der Waals surface area (Å²) in [5.74, 6) is 0.264. The number of aromatic nitrogens is 6. The van der Waals surface area contributed by atoms with E-state index in [1.807, 2.05) is 64.5 Å². The predicted octanol–water partition coefficient (Wildman–Crippen LogP) is 4.86. The molecule has 2 fully saturated rings. The van der Waals surface area contributed by atoms with Gasteiger partial charge in [-0.3, -0.25) is 18.9 Å². The summed E-state index contributed by atoms with van der Waals surface area (Å²) in [5, 5.41) is 19.4. The number of aromatic amines is 1. The van der Waals surface area contributed by atoms with Gasteiger partial charge >= 0.3 is 5.76 Å². The van der Waals surface area contributed by atoms with E-state index < -0.39 is 11.4 Å². The third-order valence-electron chi connectivity index (χ3n) is 9.75. The molecule has 11 nitrogen and oxygen atoms in total. The van der Waals surface area contributed by atoms with Gasteiger partial charge in [-0.2, -0.15) is 10.1 Å². The fourth-order valence-electron chi connectivity index (χ4n) is 7.32. The molecular weight excluding hydrogens is 572 g/mol. The van der Waals surface area contributed by atoms with Crippen LogP contribution in [0, 0.1) is 0 Å². The van der Waals surface area contributed by atoms with Gasteiger partial charge in [-0.05, 0) is 61.3 Å². The maximum atomic E-state index is 14.5. The zero-order valence-corrected chi connectivity index (χ0v) is 25.7. The molecule has 3 aromatic heterocycles. The molecule has 0 radical (unpaired) electrons. The smallest absolute Gasteiger partial charge is 0.387 e. The van der Waals surface area contributed by atoms with Crippen molar-refractivity contribution in [3.63, 3.8) is 0 Å². The molecule has 1 unspecified atom stereocenters. The SMILES string of the molecule is CCCc1c(Cc2ccc(-c3ccccc3)c(-c3noc(=O)[nH]3)c2)c(=O)n(C2CCC3(CC2)CC(O)(CC)CO3)c2ncnn12. The molecule has 1 saturated heterocycles. The van der Waals surface area contributed by atoms with E-state index >= 15 is 0 Å². The Bertz CT molecular complexity index is 1950. The second-order valence-electron chi connectivity index (χ2n) is 12.6. The predicted molar refractivity (Wildman–Crippen MR) is 168 cm³/mol. The van der Waals surface area contributed by atoms with Crippen LogP contribution in [-0.4, -0.2) is 52.2 Å². The third kappa shape index (κ3) is 5.33. The van der Waals surface area contributed by atoms with Gasteiger partial charge in [0.25, 0.3) is 5.56 Å². The van der Waals surface area contributed by atoms with Crippen LogP contribution in [0.2, 0.25) is 0 Å². The van der Waals surface area contributed by atoms with Gasteiger partial charge in [-0.25, -0.2) is 9.31 Å². The highest BCUT2D eigenvalue weighted by Crippen LogP contribution is 2.47. The molecule has 7 rings (SSSR count). The number of H-pyrrole nitrogens is 1. The monoisotopic (exact) mass is 610 g/mol. The minimum Gasteiger partial charge on any atom is -0.387 e. The summed E-state index contributed by atoms with van der Waals surface area (Å²) in [4.78, 5) is 33.7. The quantitative estimate of drug-likeness (QED) is 0.254. The Balaban J connectivity index is 1.28. The first-order valence-corrected chi connectivity index (χ1v) is 15.9. The molecule has 0 amide bonds. The van der Waals surface area contributed by atoms with Gasteiger partial charge < -0.3 is 9.84 Å². The highest BCUT2D eigenvalue weighted by Gasteiger charge is 2.49. The minimum absolute atomic E-state index is 0.0548. The van der Waals surface area contributed by atoms with Crippen LogP contribution >= 0.6 is 0 Å². The largest absolute Gasteiger partial charge is 0.439 e. The lowest BCUT2D eigenvalue weighted by Crippen LogP contribution is -2.40. The lowest BCUT2D eigenvalue weighted by atomic mass is 9.77. The van der Waals surface area contributed by atoms with Crippen LogP contribution in [0.1, 0.15) is 81.7 Å². The van der Waals surface area contributed by atoms with E-state index in [0.29, 0.717) is 55.0 Å². The molecule has 2 N–H and O–H groups in total. The van der Waals surface area contributed by atoms with E-state index in [1.165, 1.54) is 6.33 Å².